The molecular weight excluding hydrogens is 274 g/mol. The Morgan fingerprint density at radius 3 is 2.40 bits per heavy atom. The first-order chi connectivity index (χ1) is 9.36. The molecule has 0 unspecified atom stereocenters. The minimum absolute atomic E-state index is 0.0191. The van der Waals surface area contributed by atoms with Gasteiger partial charge in [0.1, 0.15) is 23.1 Å². The Hall–Kier alpha value is -2.84. The fourth-order valence-corrected chi connectivity index (χ4v) is 1.54. The van der Waals surface area contributed by atoms with Gasteiger partial charge >= 0.3 is 11.6 Å². The zero-order valence-electron chi connectivity index (χ0n) is 10.1. The second kappa shape index (κ2) is 5.03. The van der Waals surface area contributed by atoms with Gasteiger partial charge in [0.15, 0.2) is 0 Å². The van der Waals surface area contributed by atoms with E-state index in [1.165, 1.54) is 6.92 Å². The lowest BCUT2D eigenvalue weighted by molar-refractivity contribution is -0.386. The number of nitro groups is 1. The van der Waals surface area contributed by atoms with Gasteiger partial charge in [-0.3, -0.25) is 10.1 Å². The lowest BCUT2D eigenvalue weighted by Gasteiger charge is -2.07. The van der Waals surface area contributed by atoms with E-state index in [2.05, 4.69) is 9.97 Å². The van der Waals surface area contributed by atoms with Crippen LogP contribution in [0.5, 0.6) is 11.6 Å². The Kier molecular flexibility index (Phi) is 3.42. The average molecular weight is 282 g/mol. The molecule has 0 amide bonds. The lowest BCUT2D eigenvalue weighted by Crippen LogP contribution is -2.05. The van der Waals surface area contributed by atoms with Gasteiger partial charge in [-0.05, 0) is 6.92 Å². The largest absolute Gasteiger partial charge is 0.433 e. The highest BCUT2D eigenvalue weighted by Gasteiger charge is 2.24. The topological polar surface area (TPSA) is 104 Å². The first-order valence-corrected chi connectivity index (χ1v) is 5.29. The molecule has 1 aromatic heterocycles. The Bertz CT molecular complexity index is 673. The number of ether oxygens (including phenoxy) is 1. The Morgan fingerprint density at radius 2 is 1.85 bits per heavy atom. The predicted octanol–water partition coefficient (Wildman–Crippen LogP) is 2.35. The molecule has 1 heterocycles. The molecular formula is C11H8F2N4O3. The maximum atomic E-state index is 13.0. The van der Waals surface area contributed by atoms with Gasteiger partial charge in [0.25, 0.3) is 0 Å². The van der Waals surface area contributed by atoms with Crippen molar-refractivity contribution in [2.24, 2.45) is 0 Å². The average Bonchev–Trinajstić information content (AvgIpc) is 2.25. The molecule has 0 atom stereocenters. The molecule has 0 bridgehead atoms. The highest BCUT2D eigenvalue weighted by molar-refractivity contribution is 5.49. The van der Waals surface area contributed by atoms with Crippen LogP contribution < -0.4 is 10.5 Å². The zero-order chi connectivity index (χ0) is 14.9. The maximum Gasteiger partial charge on any atom is 0.352 e. The van der Waals surface area contributed by atoms with Gasteiger partial charge in [0.05, 0.1) is 4.92 Å². The number of aromatic nitrogens is 2. The van der Waals surface area contributed by atoms with Crippen LogP contribution in [0.15, 0.2) is 18.2 Å². The predicted molar refractivity (Wildman–Crippen MR) is 64.3 cm³/mol. The summed E-state index contributed by atoms with van der Waals surface area (Å²) in [6.07, 6.45) is 0. The summed E-state index contributed by atoms with van der Waals surface area (Å²) in [5.74, 6) is -2.78. The van der Waals surface area contributed by atoms with E-state index >= 15 is 0 Å². The molecule has 0 aliphatic heterocycles. The molecule has 7 nitrogen and oxygen atoms in total. The van der Waals surface area contributed by atoms with E-state index < -0.39 is 28.1 Å². The van der Waals surface area contributed by atoms with E-state index in [1.54, 1.807) is 0 Å². The van der Waals surface area contributed by atoms with Crippen LogP contribution in [0.1, 0.15) is 5.69 Å². The van der Waals surface area contributed by atoms with Crippen LogP contribution in [0, 0.1) is 28.7 Å². The van der Waals surface area contributed by atoms with Crippen LogP contribution in [-0.4, -0.2) is 14.9 Å². The third-order valence-corrected chi connectivity index (χ3v) is 2.28. The van der Waals surface area contributed by atoms with Gasteiger partial charge in [-0.15, -0.1) is 0 Å². The number of hydrogen-bond donors (Lipinski definition) is 1. The van der Waals surface area contributed by atoms with Crippen molar-refractivity contribution < 1.29 is 18.4 Å². The van der Waals surface area contributed by atoms with Gasteiger partial charge in [-0.1, -0.05) is 0 Å². The molecule has 20 heavy (non-hydrogen) atoms. The van der Waals surface area contributed by atoms with E-state index in [0.717, 1.165) is 12.1 Å². The van der Waals surface area contributed by atoms with Gasteiger partial charge < -0.3 is 10.5 Å². The summed E-state index contributed by atoms with van der Waals surface area (Å²) >= 11 is 0. The van der Waals surface area contributed by atoms with Crippen LogP contribution in [0.3, 0.4) is 0 Å². The monoisotopic (exact) mass is 282 g/mol. The molecule has 2 N–H and O–H groups in total. The molecule has 0 fully saturated rings. The Morgan fingerprint density at radius 1 is 1.25 bits per heavy atom. The molecule has 2 rings (SSSR count). The Balaban J connectivity index is 2.49. The minimum Gasteiger partial charge on any atom is -0.433 e. The van der Waals surface area contributed by atoms with Crippen LogP contribution >= 0.6 is 0 Å². The summed E-state index contributed by atoms with van der Waals surface area (Å²) in [4.78, 5) is 17.4. The van der Waals surface area contributed by atoms with E-state index in [4.69, 9.17) is 10.5 Å². The van der Waals surface area contributed by atoms with E-state index in [-0.39, 0.29) is 17.4 Å². The second-order valence-electron chi connectivity index (χ2n) is 3.79. The molecule has 0 saturated carbocycles. The fraction of sp³-hybridized carbons (Fsp3) is 0.0909. The van der Waals surface area contributed by atoms with Crippen LogP contribution in [0.25, 0.3) is 0 Å². The van der Waals surface area contributed by atoms with Crippen molar-refractivity contribution in [1.29, 1.82) is 0 Å². The van der Waals surface area contributed by atoms with E-state index in [0.29, 0.717) is 6.07 Å². The smallest absolute Gasteiger partial charge is 0.352 e. The van der Waals surface area contributed by atoms with Crippen molar-refractivity contribution in [3.8, 4) is 11.6 Å². The summed E-state index contributed by atoms with van der Waals surface area (Å²) in [5, 5.41) is 10.9. The summed E-state index contributed by atoms with van der Waals surface area (Å²) in [6.45, 7) is 1.34. The standard InChI is InChI=1S/C11H8F2N4O3/c1-5-9(17(18)19)10(16-11(14)15-5)20-8-3-6(12)2-7(13)4-8/h2-4H,1H3,(H2,14,15,16). The van der Waals surface area contributed by atoms with E-state index in [1.807, 2.05) is 0 Å². The van der Waals surface area contributed by atoms with Crippen molar-refractivity contribution in [2.45, 2.75) is 6.92 Å². The summed E-state index contributed by atoms with van der Waals surface area (Å²) in [7, 11) is 0. The summed E-state index contributed by atoms with van der Waals surface area (Å²) in [5.41, 5.74) is 4.83. The molecule has 1 aromatic carbocycles. The minimum atomic E-state index is -0.888. The van der Waals surface area contributed by atoms with Crippen LogP contribution in [0.2, 0.25) is 0 Å². The third-order valence-electron chi connectivity index (χ3n) is 2.28. The summed E-state index contributed by atoms with van der Waals surface area (Å²) < 4.78 is 31.1. The molecule has 104 valence electrons. The quantitative estimate of drug-likeness (QED) is 0.684. The number of halogens is 2. The SMILES string of the molecule is Cc1nc(N)nc(Oc2cc(F)cc(F)c2)c1[N+](=O)[O-]. The van der Waals surface area contributed by atoms with Gasteiger partial charge in [-0.25, -0.2) is 13.8 Å². The molecule has 0 saturated heterocycles. The molecule has 0 aliphatic rings. The number of aryl methyl sites for hydroxylation is 1. The van der Waals surface area contributed by atoms with Crippen molar-refractivity contribution >= 4 is 11.6 Å². The first kappa shape index (κ1) is 13.6. The van der Waals surface area contributed by atoms with Gasteiger partial charge in [0.2, 0.25) is 5.95 Å². The van der Waals surface area contributed by atoms with Gasteiger partial charge in [0, 0.05) is 18.2 Å². The number of benzene rings is 1. The van der Waals surface area contributed by atoms with Crippen LogP contribution in [0.4, 0.5) is 20.4 Å². The molecule has 0 aliphatic carbocycles. The number of anilines is 1. The van der Waals surface area contributed by atoms with Crippen molar-refractivity contribution in [3.63, 3.8) is 0 Å². The second-order valence-corrected chi connectivity index (χ2v) is 3.79. The first-order valence-electron chi connectivity index (χ1n) is 5.29. The normalized spacial score (nSPS) is 10.3. The van der Waals surface area contributed by atoms with Crippen LogP contribution in [-0.2, 0) is 0 Å². The highest BCUT2D eigenvalue weighted by Crippen LogP contribution is 2.32. The molecule has 0 radical (unpaired) electrons. The molecule has 0 spiro atoms. The third kappa shape index (κ3) is 2.76. The van der Waals surface area contributed by atoms with E-state index in [9.17, 15) is 18.9 Å². The maximum absolute atomic E-state index is 13.0. The number of nitrogens with zero attached hydrogens (tertiary/aromatic N) is 3. The van der Waals surface area contributed by atoms with Gasteiger partial charge in [-0.2, -0.15) is 4.98 Å². The molecule has 9 heteroatoms. The van der Waals surface area contributed by atoms with Crippen molar-refractivity contribution in [1.82, 2.24) is 9.97 Å². The summed E-state index contributed by atoms with van der Waals surface area (Å²) in [6, 6.07) is 2.36. The number of nitrogen functional groups attached to an aromatic ring is 1. The Labute approximate surface area is 111 Å². The van der Waals surface area contributed by atoms with Crippen molar-refractivity contribution in [3.05, 3.63) is 45.6 Å². The van der Waals surface area contributed by atoms with Crippen molar-refractivity contribution in [2.75, 3.05) is 5.73 Å². The lowest BCUT2D eigenvalue weighted by atomic mass is 10.3. The number of rotatable bonds is 3. The highest BCUT2D eigenvalue weighted by atomic mass is 19.1. The zero-order valence-corrected chi connectivity index (χ0v) is 10.1. The fourth-order valence-electron chi connectivity index (χ4n) is 1.54. The number of nitrogens with two attached hydrogens (primary N) is 1. The number of hydrogen-bond acceptors (Lipinski definition) is 6. The molecule has 2 aromatic rings.